The summed E-state index contributed by atoms with van der Waals surface area (Å²) < 4.78 is 72.8. The minimum Gasteiger partial charge on any atom is -0.494 e. The summed E-state index contributed by atoms with van der Waals surface area (Å²) in [5.41, 5.74) is 0.325. The SMILES string of the molecule is CCOc1ccc(S(=O)(=O)N2CCN(CC(=O)Nc3ccc(OC(F)(F)F)cc3)CC2)cc1. The lowest BCUT2D eigenvalue weighted by Gasteiger charge is -2.33. The number of benzene rings is 2. The number of hydrogen-bond acceptors (Lipinski definition) is 6. The van der Waals surface area contributed by atoms with Crippen molar-refractivity contribution in [1.82, 2.24) is 9.21 Å². The van der Waals surface area contributed by atoms with Gasteiger partial charge < -0.3 is 14.8 Å². The van der Waals surface area contributed by atoms with Gasteiger partial charge in [-0.3, -0.25) is 9.69 Å². The third-order valence-electron chi connectivity index (χ3n) is 4.84. The summed E-state index contributed by atoms with van der Waals surface area (Å²) in [5.74, 6) is -0.150. The van der Waals surface area contributed by atoms with E-state index in [0.29, 0.717) is 31.1 Å². The van der Waals surface area contributed by atoms with Crippen LogP contribution in [-0.2, 0) is 14.8 Å². The summed E-state index contributed by atoms with van der Waals surface area (Å²) >= 11 is 0. The van der Waals surface area contributed by atoms with E-state index in [-0.39, 0.29) is 36.2 Å². The van der Waals surface area contributed by atoms with Gasteiger partial charge in [0.2, 0.25) is 15.9 Å². The van der Waals surface area contributed by atoms with Crippen molar-refractivity contribution in [3.05, 3.63) is 48.5 Å². The van der Waals surface area contributed by atoms with Crippen LogP contribution in [0.1, 0.15) is 6.92 Å². The number of nitrogens with one attached hydrogen (secondary N) is 1. The van der Waals surface area contributed by atoms with Crippen LogP contribution in [-0.4, -0.2) is 69.2 Å². The fourth-order valence-electron chi connectivity index (χ4n) is 3.30. The van der Waals surface area contributed by atoms with Crippen molar-refractivity contribution in [2.75, 3.05) is 44.6 Å². The molecule has 0 saturated carbocycles. The van der Waals surface area contributed by atoms with Gasteiger partial charge in [0.05, 0.1) is 18.0 Å². The van der Waals surface area contributed by atoms with Gasteiger partial charge in [-0.25, -0.2) is 8.42 Å². The minimum atomic E-state index is -4.78. The largest absolute Gasteiger partial charge is 0.573 e. The molecule has 1 N–H and O–H groups in total. The molecular weight excluding hydrogens is 463 g/mol. The van der Waals surface area contributed by atoms with Gasteiger partial charge in [0, 0.05) is 31.9 Å². The molecule has 0 bridgehead atoms. The monoisotopic (exact) mass is 487 g/mol. The lowest BCUT2D eigenvalue weighted by atomic mass is 10.3. The van der Waals surface area contributed by atoms with Crippen molar-refractivity contribution in [2.24, 2.45) is 0 Å². The molecule has 1 amide bonds. The molecule has 0 aromatic heterocycles. The summed E-state index contributed by atoms with van der Waals surface area (Å²) in [4.78, 5) is 14.3. The van der Waals surface area contributed by atoms with Gasteiger partial charge in [0.1, 0.15) is 11.5 Å². The summed E-state index contributed by atoms with van der Waals surface area (Å²) in [5, 5.41) is 2.60. The fourth-order valence-corrected chi connectivity index (χ4v) is 4.72. The van der Waals surface area contributed by atoms with E-state index in [4.69, 9.17) is 4.74 Å². The Hall–Kier alpha value is -2.83. The molecule has 3 rings (SSSR count). The molecule has 0 unspecified atom stereocenters. The number of carbonyl (C=O) groups excluding carboxylic acids is 1. The van der Waals surface area contributed by atoms with E-state index in [1.807, 2.05) is 6.92 Å². The second kappa shape index (κ2) is 10.4. The highest BCUT2D eigenvalue weighted by molar-refractivity contribution is 7.89. The van der Waals surface area contributed by atoms with Gasteiger partial charge in [-0.05, 0) is 55.5 Å². The normalized spacial score (nSPS) is 15.8. The Bertz CT molecular complexity index is 1040. The van der Waals surface area contributed by atoms with Gasteiger partial charge in [0.15, 0.2) is 0 Å². The number of alkyl halides is 3. The number of sulfonamides is 1. The van der Waals surface area contributed by atoms with Crippen LogP contribution in [0.4, 0.5) is 18.9 Å². The molecule has 1 fully saturated rings. The second-order valence-corrected chi connectivity index (χ2v) is 9.14. The molecule has 0 spiro atoms. The molecule has 0 radical (unpaired) electrons. The Morgan fingerprint density at radius 3 is 2.09 bits per heavy atom. The zero-order valence-electron chi connectivity index (χ0n) is 17.8. The third-order valence-corrected chi connectivity index (χ3v) is 6.76. The van der Waals surface area contributed by atoms with Gasteiger partial charge in [-0.2, -0.15) is 4.31 Å². The van der Waals surface area contributed by atoms with E-state index >= 15 is 0 Å². The van der Waals surface area contributed by atoms with E-state index in [0.717, 1.165) is 12.1 Å². The molecule has 2 aromatic carbocycles. The average Bonchev–Trinajstić information content (AvgIpc) is 2.75. The number of rotatable bonds is 8. The maximum absolute atomic E-state index is 12.8. The molecule has 1 aliphatic rings. The third kappa shape index (κ3) is 7.07. The Labute approximate surface area is 189 Å². The quantitative estimate of drug-likeness (QED) is 0.616. The molecule has 1 aliphatic heterocycles. The van der Waals surface area contributed by atoms with Gasteiger partial charge in [-0.1, -0.05) is 0 Å². The van der Waals surface area contributed by atoms with E-state index in [1.165, 1.54) is 28.6 Å². The molecule has 1 saturated heterocycles. The standard InChI is InChI=1S/C21H24F3N3O5S/c1-2-31-17-7-9-19(10-8-17)33(29,30)27-13-11-26(12-14-27)15-20(28)25-16-3-5-18(6-4-16)32-21(22,23)24/h3-10H,2,11-15H2,1H3,(H,25,28). The zero-order chi connectivity index (χ0) is 24.1. The van der Waals surface area contributed by atoms with Crippen LogP contribution in [0.5, 0.6) is 11.5 Å². The Kier molecular flexibility index (Phi) is 7.82. The number of nitrogens with zero attached hydrogens (tertiary/aromatic N) is 2. The maximum Gasteiger partial charge on any atom is 0.573 e. The first-order valence-corrected chi connectivity index (χ1v) is 11.6. The maximum atomic E-state index is 12.8. The van der Waals surface area contributed by atoms with Crippen LogP contribution < -0.4 is 14.8 Å². The van der Waals surface area contributed by atoms with Gasteiger partial charge in [0.25, 0.3) is 0 Å². The predicted octanol–water partition coefficient (Wildman–Crippen LogP) is 2.93. The Balaban J connectivity index is 1.49. The number of amides is 1. The van der Waals surface area contributed by atoms with Crippen LogP contribution in [0.2, 0.25) is 0 Å². The van der Waals surface area contributed by atoms with Gasteiger partial charge >= 0.3 is 6.36 Å². The fraction of sp³-hybridized carbons (Fsp3) is 0.381. The van der Waals surface area contributed by atoms with E-state index in [2.05, 4.69) is 10.1 Å². The summed E-state index contributed by atoms with van der Waals surface area (Å²) in [6, 6.07) is 11.1. The van der Waals surface area contributed by atoms with Crippen molar-refractivity contribution in [2.45, 2.75) is 18.2 Å². The molecular formula is C21H24F3N3O5S. The molecule has 2 aromatic rings. The van der Waals surface area contributed by atoms with Crippen molar-refractivity contribution >= 4 is 21.6 Å². The lowest BCUT2D eigenvalue weighted by Crippen LogP contribution is -2.50. The summed E-state index contributed by atoms with van der Waals surface area (Å²) in [7, 11) is -3.65. The number of halogens is 3. The molecule has 180 valence electrons. The molecule has 12 heteroatoms. The van der Waals surface area contributed by atoms with Crippen LogP contribution in [0.3, 0.4) is 0 Å². The first-order valence-electron chi connectivity index (χ1n) is 10.2. The molecule has 8 nitrogen and oxygen atoms in total. The average molecular weight is 488 g/mol. The Morgan fingerprint density at radius 2 is 1.55 bits per heavy atom. The van der Waals surface area contributed by atoms with Crippen molar-refractivity contribution in [3.8, 4) is 11.5 Å². The molecule has 1 heterocycles. The highest BCUT2D eigenvalue weighted by Crippen LogP contribution is 2.24. The minimum absolute atomic E-state index is 0.0255. The highest BCUT2D eigenvalue weighted by Gasteiger charge is 2.31. The van der Waals surface area contributed by atoms with Crippen molar-refractivity contribution in [3.63, 3.8) is 0 Å². The van der Waals surface area contributed by atoms with E-state index < -0.39 is 16.4 Å². The first-order chi connectivity index (χ1) is 15.6. The zero-order valence-corrected chi connectivity index (χ0v) is 18.7. The highest BCUT2D eigenvalue weighted by atomic mass is 32.2. The Morgan fingerprint density at radius 1 is 0.970 bits per heavy atom. The first kappa shape index (κ1) is 24.8. The molecule has 33 heavy (non-hydrogen) atoms. The predicted molar refractivity (Wildman–Crippen MR) is 115 cm³/mol. The van der Waals surface area contributed by atoms with Crippen LogP contribution >= 0.6 is 0 Å². The second-order valence-electron chi connectivity index (χ2n) is 7.21. The van der Waals surface area contributed by atoms with E-state index in [1.54, 1.807) is 17.0 Å². The van der Waals surface area contributed by atoms with Crippen molar-refractivity contribution in [1.29, 1.82) is 0 Å². The number of ether oxygens (including phenoxy) is 2. The van der Waals surface area contributed by atoms with Gasteiger partial charge in [-0.15, -0.1) is 13.2 Å². The van der Waals surface area contributed by atoms with Crippen LogP contribution in [0.15, 0.2) is 53.4 Å². The molecule has 0 aliphatic carbocycles. The smallest absolute Gasteiger partial charge is 0.494 e. The molecule has 0 atom stereocenters. The number of hydrogen-bond donors (Lipinski definition) is 1. The lowest BCUT2D eigenvalue weighted by molar-refractivity contribution is -0.274. The van der Waals surface area contributed by atoms with Crippen LogP contribution in [0, 0.1) is 0 Å². The number of carbonyl (C=O) groups is 1. The van der Waals surface area contributed by atoms with E-state index in [9.17, 15) is 26.4 Å². The number of anilines is 1. The topological polar surface area (TPSA) is 88.2 Å². The van der Waals surface area contributed by atoms with Crippen LogP contribution in [0.25, 0.3) is 0 Å². The van der Waals surface area contributed by atoms with Crippen molar-refractivity contribution < 1.29 is 35.9 Å². The number of piperazine rings is 1. The summed E-state index contributed by atoms with van der Waals surface area (Å²) in [6.45, 7) is 3.54. The summed E-state index contributed by atoms with van der Waals surface area (Å²) in [6.07, 6.45) is -4.78.